The molecule has 1 fully saturated rings. The molecule has 0 aromatic carbocycles. The summed E-state index contributed by atoms with van der Waals surface area (Å²) in [4.78, 5) is 10.3. The molecule has 0 aliphatic carbocycles. The second-order valence-electron chi connectivity index (χ2n) is 5.89. The highest BCUT2D eigenvalue weighted by molar-refractivity contribution is 6.02. The molecule has 4 heterocycles. The van der Waals surface area contributed by atoms with Crippen molar-refractivity contribution in [3.63, 3.8) is 0 Å². The molecule has 0 unspecified atom stereocenters. The Labute approximate surface area is 130 Å². The molecule has 0 amide bonds. The van der Waals surface area contributed by atoms with Gasteiger partial charge in [-0.25, -0.2) is 4.98 Å². The summed E-state index contributed by atoms with van der Waals surface area (Å²) in [6, 6.07) is 2.15. The molecule has 3 aromatic heterocycles. The van der Waals surface area contributed by atoms with Crippen molar-refractivity contribution in [2.24, 2.45) is 0 Å². The van der Waals surface area contributed by atoms with Crippen LogP contribution in [0, 0.1) is 0 Å². The fraction of sp³-hybridized carbons (Fsp3) is 0.412. The number of rotatable bonds is 3. The van der Waals surface area contributed by atoms with Gasteiger partial charge in [-0.2, -0.15) is 5.10 Å². The number of hydrogen-bond donors (Lipinski definition) is 1. The quantitative estimate of drug-likeness (QED) is 0.805. The van der Waals surface area contributed by atoms with Gasteiger partial charge in [0.15, 0.2) is 0 Å². The number of aromatic nitrogens is 4. The molecule has 0 atom stereocenters. The predicted molar refractivity (Wildman–Crippen MR) is 89.1 cm³/mol. The molecule has 5 nitrogen and oxygen atoms in total. The summed E-state index contributed by atoms with van der Waals surface area (Å²) in [6.07, 6.45) is 11.9. The number of nitrogens with zero attached hydrogens (tertiary/aromatic N) is 4. The number of hydrogen-bond acceptors (Lipinski definition) is 3. The summed E-state index contributed by atoms with van der Waals surface area (Å²) >= 11 is 0. The van der Waals surface area contributed by atoms with E-state index in [0.29, 0.717) is 0 Å². The molecule has 0 bridgehead atoms. The zero-order valence-electron chi connectivity index (χ0n) is 12.9. The van der Waals surface area contributed by atoms with Crippen molar-refractivity contribution < 1.29 is 0 Å². The highest BCUT2D eigenvalue weighted by Gasteiger charge is 2.18. The molecule has 4 rings (SSSR count). The van der Waals surface area contributed by atoms with Gasteiger partial charge in [0, 0.05) is 55.0 Å². The fourth-order valence-electron chi connectivity index (χ4n) is 3.34. The van der Waals surface area contributed by atoms with Crippen LogP contribution in [0.1, 0.15) is 26.2 Å². The number of nitrogens with one attached hydrogen (secondary N) is 1. The summed E-state index contributed by atoms with van der Waals surface area (Å²) in [5.74, 6) is 0. The zero-order valence-corrected chi connectivity index (χ0v) is 12.9. The number of pyridine rings is 1. The van der Waals surface area contributed by atoms with Crippen LogP contribution in [0.5, 0.6) is 0 Å². The topological polar surface area (TPSA) is 49.7 Å². The molecular formula is C17H21N5. The molecule has 1 saturated heterocycles. The third-order valence-corrected chi connectivity index (χ3v) is 4.52. The Kier molecular flexibility index (Phi) is 3.33. The molecule has 0 radical (unpaired) electrons. The molecule has 1 aliphatic rings. The van der Waals surface area contributed by atoms with E-state index in [1.807, 2.05) is 17.1 Å². The number of piperidine rings is 1. The maximum atomic E-state index is 4.50. The van der Waals surface area contributed by atoms with Crippen LogP contribution in [0.2, 0.25) is 0 Å². The van der Waals surface area contributed by atoms with Gasteiger partial charge >= 0.3 is 0 Å². The maximum absolute atomic E-state index is 4.50. The zero-order chi connectivity index (χ0) is 14.9. The van der Waals surface area contributed by atoms with Gasteiger partial charge in [-0.1, -0.05) is 0 Å². The highest BCUT2D eigenvalue weighted by atomic mass is 15.3. The number of aromatic amines is 1. The Morgan fingerprint density at radius 1 is 1.23 bits per heavy atom. The van der Waals surface area contributed by atoms with Gasteiger partial charge in [0.2, 0.25) is 0 Å². The maximum Gasteiger partial charge on any atom is 0.139 e. The van der Waals surface area contributed by atoms with Crippen molar-refractivity contribution in [3.05, 3.63) is 30.9 Å². The summed E-state index contributed by atoms with van der Waals surface area (Å²) in [7, 11) is 0. The van der Waals surface area contributed by atoms with Gasteiger partial charge < -0.3 is 9.88 Å². The lowest BCUT2D eigenvalue weighted by Crippen LogP contribution is -2.29. The van der Waals surface area contributed by atoms with E-state index in [2.05, 4.69) is 45.4 Å². The molecule has 5 heteroatoms. The van der Waals surface area contributed by atoms with Crippen molar-refractivity contribution in [2.75, 3.05) is 18.0 Å². The molecule has 1 N–H and O–H groups in total. The van der Waals surface area contributed by atoms with Crippen molar-refractivity contribution in [2.45, 2.75) is 32.7 Å². The van der Waals surface area contributed by atoms with Crippen LogP contribution in [0.4, 0.5) is 5.69 Å². The molecule has 22 heavy (non-hydrogen) atoms. The molecule has 0 saturated carbocycles. The first-order chi connectivity index (χ1) is 10.9. The van der Waals surface area contributed by atoms with E-state index in [-0.39, 0.29) is 0 Å². The Balaban J connectivity index is 1.85. The monoisotopic (exact) mass is 295 g/mol. The SMILES string of the molecule is CCn1cc(-c2c[nH]c3nccc(N4CCCCC4)c23)cn1. The third-order valence-electron chi connectivity index (χ3n) is 4.52. The summed E-state index contributed by atoms with van der Waals surface area (Å²) < 4.78 is 1.96. The molecular weight excluding hydrogens is 274 g/mol. The summed E-state index contributed by atoms with van der Waals surface area (Å²) in [5, 5.41) is 5.63. The van der Waals surface area contributed by atoms with Crippen LogP contribution in [0.15, 0.2) is 30.9 Å². The minimum absolute atomic E-state index is 0.888. The number of H-pyrrole nitrogens is 1. The number of aryl methyl sites for hydroxylation is 1. The van der Waals surface area contributed by atoms with Crippen molar-refractivity contribution in [3.8, 4) is 11.1 Å². The largest absolute Gasteiger partial charge is 0.371 e. The lowest BCUT2D eigenvalue weighted by Gasteiger charge is -2.29. The van der Waals surface area contributed by atoms with Gasteiger partial charge in [-0.15, -0.1) is 0 Å². The molecule has 1 aliphatic heterocycles. The first-order valence-corrected chi connectivity index (χ1v) is 8.10. The van der Waals surface area contributed by atoms with Gasteiger partial charge in [0.1, 0.15) is 5.65 Å². The third kappa shape index (κ3) is 2.17. The minimum atomic E-state index is 0.888. The van der Waals surface area contributed by atoms with E-state index in [1.54, 1.807) is 0 Å². The molecule has 3 aromatic rings. The lowest BCUT2D eigenvalue weighted by molar-refractivity contribution is 0.579. The second kappa shape index (κ2) is 5.48. The average Bonchev–Trinajstić information content (AvgIpc) is 3.21. The standard InChI is InChI=1S/C17H21N5/c1-2-22-12-13(10-20-22)14-11-19-17-16(14)15(6-7-18-17)21-8-4-3-5-9-21/h6-7,10-12H,2-5,8-9H2,1H3,(H,18,19). The Morgan fingerprint density at radius 3 is 2.86 bits per heavy atom. The van der Waals surface area contributed by atoms with Gasteiger partial charge in [0.25, 0.3) is 0 Å². The van der Waals surface area contributed by atoms with E-state index in [0.717, 1.165) is 30.8 Å². The Hall–Kier alpha value is -2.30. The van der Waals surface area contributed by atoms with Crippen molar-refractivity contribution in [1.29, 1.82) is 0 Å². The lowest BCUT2D eigenvalue weighted by atomic mass is 10.1. The van der Waals surface area contributed by atoms with Gasteiger partial charge in [-0.3, -0.25) is 4.68 Å². The van der Waals surface area contributed by atoms with Crippen LogP contribution in [-0.4, -0.2) is 32.8 Å². The van der Waals surface area contributed by atoms with Gasteiger partial charge in [-0.05, 0) is 32.3 Å². The van der Waals surface area contributed by atoms with E-state index < -0.39 is 0 Å². The number of fused-ring (bicyclic) bond motifs is 1. The Morgan fingerprint density at radius 2 is 2.09 bits per heavy atom. The normalized spacial score (nSPS) is 15.6. The average molecular weight is 295 g/mol. The molecule has 114 valence electrons. The van der Waals surface area contributed by atoms with E-state index >= 15 is 0 Å². The van der Waals surface area contributed by atoms with Crippen LogP contribution in [-0.2, 0) is 6.54 Å². The second-order valence-corrected chi connectivity index (χ2v) is 5.89. The van der Waals surface area contributed by atoms with Crippen molar-refractivity contribution in [1.82, 2.24) is 19.7 Å². The molecule has 0 spiro atoms. The van der Waals surface area contributed by atoms with Crippen molar-refractivity contribution >= 4 is 16.7 Å². The van der Waals surface area contributed by atoms with E-state index in [9.17, 15) is 0 Å². The van der Waals surface area contributed by atoms with Crippen LogP contribution < -0.4 is 4.90 Å². The predicted octanol–water partition coefficient (Wildman–Crippen LogP) is 3.44. The summed E-state index contributed by atoms with van der Waals surface area (Å²) in [6.45, 7) is 5.27. The van der Waals surface area contributed by atoms with Crippen LogP contribution in [0.25, 0.3) is 22.2 Å². The smallest absolute Gasteiger partial charge is 0.139 e. The fourth-order valence-corrected chi connectivity index (χ4v) is 3.34. The Bertz CT molecular complexity index is 779. The van der Waals surface area contributed by atoms with Crippen LogP contribution >= 0.6 is 0 Å². The van der Waals surface area contributed by atoms with Gasteiger partial charge in [0.05, 0.1) is 11.6 Å². The first kappa shape index (κ1) is 13.4. The first-order valence-electron chi connectivity index (χ1n) is 8.10. The highest BCUT2D eigenvalue weighted by Crippen LogP contribution is 2.35. The number of anilines is 1. The summed E-state index contributed by atoms with van der Waals surface area (Å²) in [5.41, 5.74) is 4.61. The minimum Gasteiger partial charge on any atom is -0.371 e. The van der Waals surface area contributed by atoms with E-state index in [4.69, 9.17) is 0 Å². The van der Waals surface area contributed by atoms with E-state index in [1.165, 1.54) is 35.9 Å². The van der Waals surface area contributed by atoms with Crippen LogP contribution in [0.3, 0.4) is 0 Å².